The van der Waals surface area contributed by atoms with Crippen LogP contribution in [0.15, 0.2) is 36.8 Å². The highest BCUT2D eigenvalue weighted by Crippen LogP contribution is 2.28. The predicted molar refractivity (Wildman–Crippen MR) is 109 cm³/mol. The molecule has 0 aliphatic carbocycles. The van der Waals surface area contributed by atoms with E-state index in [1.54, 1.807) is 28.4 Å². The third-order valence-electron chi connectivity index (χ3n) is 5.62. The number of thiophene rings is 1. The zero-order valence-corrected chi connectivity index (χ0v) is 16.3. The molecule has 3 aromatic heterocycles. The molecule has 0 radical (unpaired) electrons. The third-order valence-corrected chi connectivity index (χ3v) is 6.62. The molecule has 0 aromatic carbocycles. The van der Waals surface area contributed by atoms with Gasteiger partial charge in [0, 0.05) is 31.2 Å². The fourth-order valence-corrected chi connectivity index (χ4v) is 4.99. The van der Waals surface area contributed by atoms with Crippen molar-refractivity contribution >= 4 is 27.3 Å². The molecule has 0 unspecified atom stereocenters. The van der Waals surface area contributed by atoms with E-state index in [1.807, 2.05) is 24.4 Å². The van der Waals surface area contributed by atoms with Crippen LogP contribution in [0.5, 0.6) is 0 Å². The normalized spacial score (nSPS) is 23.4. The topological polar surface area (TPSA) is 63.1 Å². The molecule has 6 rings (SSSR count). The van der Waals surface area contributed by atoms with Gasteiger partial charge in [-0.3, -0.25) is 9.48 Å². The molecular formula is C21H21N5OS. The lowest BCUT2D eigenvalue weighted by Gasteiger charge is -2.44. The van der Waals surface area contributed by atoms with Gasteiger partial charge < -0.3 is 10.2 Å². The van der Waals surface area contributed by atoms with Gasteiger partial charge in [0.15, 0.2) is 0 Å². The predicted octanol–water partition coefficient (Wildman–Crippen LogP) is 2.37. The average molecular weight is 392 g/mol. The van der Waals surface area contributed by atoms with Crippen LogP contribution in [0.1, 0.15) is 28.2 Å². The molecule has 3 aromatic rings. The Morgan fingerprint density at radius 2 is 2.21 bits per heavy atom. The fourth-order valence-electron chi connectivity index (χ4n) is 4.10. The molecule has 7 heteroatoms. The fraction of sp³-hybridized carbons (Fsp3) is 0.381. The number of piperidine rings is 3. The number of aromatic nitrogens is 3. The van der Waals surface area contributed by atoms with E-state index < -0.39 is 0 Å². The number of pyridine rings is 1. The van der Waals surface area contributed by atoms with Gasteiger partial charge in [-0.15, -0.1) is 11.3 Å². The minimum absolute atomic E-state index is 0.0711. The number of hydrogen-bond acceptors (Lipinski definition) is 5. The third kappa shape index (κ3) is 3.53. The smallest absolute Gasteiger partial charge is 0.270 e. The van der Waals surface area contributed by atoms with E-state index in [0.29, 0.717) is 18.2 Å². The van der Waals surface area contributed by atoms with Crippen LogP contribution >= 0.6 is 11.3 Å². The highest BCUT2D eigenvalue weighted by molar-refractivity contribution is 7.19. The molecule has 1 atom stereocenters. The van der Waals surface area contributed by atoms with Gasteiger partial charge in [-0.2, -0.15) is 5.10 Å². The van der Waals surface area contributed by atoms with Crippen LogP contribution in [0, 0.1) is 17.8 Å². The minimum Gasteiger partial charge on any atom is -0.346 e. The van der Waals surface area contributed by atoms with E-state index in [2.05, 4.69) is 32.1 Å². The molecule has 6 nitrogen and oxygen atoms in total. The number of carbonyl (C=O) groups is 1. The second-order valence-electron chi connectivity index (χ2n) is 7.44. The molecule has 3 saturated heterocycles. The summed E-state index contributed by atoms with van der Waals surface area (Å²) in [6.07, 6.45) is 7.79. The van der Waals surface area contributed by atoms with Gasteiger partial charge in [0.05, 0.1) is 9.58 Å². The monoisotopic (exact) mass is 391 g/mol. The van der Waals surface area contributed by atoms with Crippen molar-refractivity contribution in [2.24, 2.45) is 5.92 Å². The molecule has 3 aliphatic rings. The van der Waals surface area contributed by atoms with Gasteiger partial charge in [0.1, 0.15) is 12.2 Å². The summed E-state index contributed by atoms with van der Waals surface area (Å²) in [6.45, 7) is 3.86. The Kier molecular flexibility index (Phi) is 4.59. The van der Waals surface area contributed by atoms with Gasteiger partial charge in [-0.05, 0) is 55.4 Å². The summed E-state index contributed by atoms with van der Waals surface area (Å²) in [5, 5.41) is 8.37. The summed E-state index contributed by atoms with van der Waals surface area (Å²) in [6, 6.07) is 6.04. The van der Waals surface area contributed by atoms with Crippen molar-refractivity contribution in [3.63, 3.8) is 0 Å². The van der Waals surface area contributed by atoms with E-state index in [1.165, 1.54) is 25.9 Å². The van der Waals surface area contributed by atoms with Crippen LogP contribution in [0.25, 0.3) is 10.1 Å². The molecule has 1 N–H and O–H groups in total. The first-order valence-corrected chi connectivity index (χ1v) is 10.5. The molecule has 3 fully saturated rings. The lowest BCUT2D eigenvalue weighted by molar-refractivity contribution is 0.0618. The number of nitrogens with zero attached hydrogens (tertiary/aromatic N) is 4. The SMILES string of the molecule is O=C(N[C@H]1CN2CCC1CC2)c1cc2cc(C#CCn3cccn3)sc2cn1. The zero-order chi connectivity index (χ0) is 18.9. The van der Waals surface area contributed by atoms with E-state index in [9.17, 15) is 4.79 Å². The van der Waals surface area contributed by atoms with Crippen molar-refractivity contribution in [2.45, 2.75) is 25.4 Å². The van der Waals surface area contributed by atoms with Gasteiger partial charge in [-0.25, -0.2) is 4.98 Å². The van der Waals surface area contributed by atoms with Crippen molar-refractivity contribution in [1.82, 2.24) is 25.0 Å². The van der Waals surface area contributed by atoms with Crippen molar-refractivity contribution in [1.29, 1.82) is 0 Å². The summed E-state index contributed by atoms with van der Waals surface area (Å²) < 4.78 is 2.83. The Hall–Kier alpha value is -2.69. The molecule has 142 valence electrons. The van der Waals surface area contributed by atoms with E-state index >= 15 is 0 Å². The Balaban J connectivity index is 1.29. The zero-order valence-electron chi connectivity index (χ0n) is 15.5. The van der Waals surface area contributed by atoms with Crippen LogP contribution in [-0.2, 0) is 6.54 Å². The molecular weight excluding hydrogens is 370 g/mol. The number of rotatable bonds is 3. The van der Waals surface area contributed by atoms with Crippen LogP contribution in [0.3, 0.4) is 0 Å². The molecule has 2 bridgehead atoms. The van der Waals surface area contributed by atoms with Crippen LogP contribution in [0.4, 0.5) is 0 Å². The van der Waals surface area contributed by atoms with Crippen LogP contribution < -0.4 is 5.32 Å². The number of carbonyl (C=O) groups excluding carboxylic acids is 1. The number of fused-ring (bicyclic) bond motifs is 4. The average Bonchev–Trinajstić information content (AvgIpc) is 3.37. The van der Waals surface area contributed by atoms with Gasteiger partial charge in [0.2, 0.25) is 0 Å². The van der Waals surface area contributed by atoms with Gasteiger partial charge >= 0.3 is 0 Å². The van der Waals surface area contributed by atoms with E-state index in [0.717, 1.165) is 21.5 Å². The highest BCUT2D eigenvalue weighted by atomic mass is 32.1. The largest absolute Gasteiger partial charge is 0.346 e. The summed E-state index contributed by atoms with van der Waals surface area (Å²) >= 11 is 1.60. The molecule has 0 saturated carbocycles. The molecule has 3 aliphatic heterocycles. The Morgan fingerprint density at radius 3 is 2.96 bits per heavy atom. The second kappa shape index (κ2) is 7.38. The first-order chi connectivity index (χ1) is 13.7. The summed E-state index contributed by atoms with van der Waals surface area (Å²) in [7, 11) is 0. The molecule has 28 heavy (non-hydrogen) atoms. The lowest BCUT2D eigenvalue weighted by Crippen LogP contribution is -2.57. The quantitative estimate of drug-likeness (QED) is 0.697. The Labute approximate surface area is 167 Å². The van der Waals surface area contributed by atoms with Crippen LogP contribution in [0.2, 0.25) is 0 Å². The Morgan fingerprint density at radius 1 is 1.32 bits per heavy atom. The van der Waals surface area contributed by atoms with E-state index in [4.69, 9.17) is 0 Å². The van der Waals surface area contributed by atoms with Crippen molar-refractivity contribution in [3.8, 4) is 11.8 Å². The number of hydrogen-bond donors (Lipinski definition) is 1. The number of amides is 1. The van der Waals surface area contributed by atoms with Gasteiger partial charge in [0.25, 0.3) is 5.91 Å². The summed E-state index contributed by atoms with van der Waals surface area (Å²) in [4.78, 5) is 20.5. The molecule has 0 spiro atoms. The molecule has 1 amide bonds. The summed E-state index contributed by atoms with van der Waals surface area (Å²) in [5.41, 5.74) is 0.484. The van der Waals surface area contributed by atoms with Crippen molar-refractivity contribution in [3.05, 3.63) is 47.4 Å². The minimum atomic E-state index is -0.0711. The maximum Gasteiger partial charge on any atom is 0.270 e. The van der Waals surface area contributed by atoms with Crippen molar-refractivity contribution < 1.29 is 4.79 Å². The second-order valence-corrected chi connectivity index (χ2v) is 8.53. The maximum absolute atomic E-state index is 12.7. The highest BCUT2D eigenvalue weighted by Gasteiger charge is 2.35. The first-order valence-electron chi connectivity index (χ1n) is 9.64. The Bertz CT molecular complexity index is 1050. The lowest BCUT2D eigenvalue weighted by atomic mass is 9.84. The summed E-state index contributed by atoms with van der Waals surface area (Å²) in [5.74, 6) is 6.84. The van der Waals surface area contributed by atoms with Crippen LogP contribution in [-0.4, -0.2) is 51.2 Å². The van der Waals surface area contributed by atoms with Crippen molar-refractivity contribution in [2.75, 3.05) is 19.6 Å². The molecule has 6 heterocycles. The first kappa shape index (κ1) is 17.4. The maximum atomic E-state index is 12.7. The van der Waals surface area contributed by atoms with Gasteiger partial charge in [-0.1, -0.05) is 11.8 Å². The van der Waals surface area contributed by atoms with E-state index in [-0.39, 0.29) is 11.9 Å². The standard InChI is InChI=1S/C21H21N5OS/c27-21(24-19-14-25-9-4-15(19)5-10-25)18-12-16-11-17(28-20(16)13-22-18)3-1-7-26-8-2-6-23-26/h2,6,8,11-13,15,19H,4-5,7,9-10,14H2,(H,24,27)/t19-/m0/s1. The number of nitrogens with one attached hydrogen (secondary N) is 1.